The fraction of sp³-hybridized carbons (Fsp3) is 1.00. The highest BCUT2D eigenvalue weighted by Crippen LogP contribution is 2.63. The summed E-state index contributed by atoms with van der Waals surface area (Å²) in [4.78, 5) is 0. The van der Waals surface area contributed by atoms with Crippen LogP contribution >= 0.6 is 0 Å². The zero-order chi connectivity index (χ0) is 9.81. The van der Waals surface area contributed by atoms with E-state index in [4.69, 9.17) is 0 Å². The van der Waals surface area contributed by atoms with Gasteiger partial charge in [-0.25, -0.2) is 0 Å². The minimum Gasteiger partial charge on any atom is -0.392 e. The average molecular weight is 195 g/mol. The molecular weight excluding hydrogens is 174 g/mol. The first-order chi connectivity index (χ1) is 6.67. The second-order valence-electron chi connectivity index (χ2n) is 6.00. The van der Waals surface area contributed by atoms with E-state index in [-0.39, 0.29) is 11.5 Å². The highest BCUT2D eigenvalue weighted by Gasteiger charge is 2.57. The van der Waals surface area contributed by atoms with Gasteiger partial charge in [0.25, 0.3) is 0 Å². The first-order valence-corrected chi connectivity index (χ1v) is 6.06. The zero-order valence-electron chi connectivity index (χ0n) is 9.05. The maximum absolute atomic E-state index is 10.2. The van der Waals surface area contributed by atoms with Gasteiger partial charge in [0, 0.05) is 12.0 Å². The molecule has 0 bridgehead atoms. The molecule has 0 aromatic heterocycles. The summed E-state index contributed by atoms with van der Waals surface area (Å²) in [6.45, 7) is 4.47. The van der Waals surface area contributed by atoms with E-state index in [1.54, 1.807) is 0 Å². The molecule has 0 aromatic rings. The van der Waals surface area contributed by atoms with Crippen LogP contribution in [0, 0.1) is 16.7 Å². The normalized spacial score (nSPS) is 50.1. The molecule has 3 atom stereocenters. The fourth-order valence-electron chi connectivity index (χ4n) is 3.82. The van der Waals surface area contributed by atoms with Gasteiger partial charge < -0.3 is 10.4 Å². The van der Waals surface area contributed by atoms with Gasteiger partial charge in [0.1, 0.15) is 0 Å². The Hall–Kier alpha value is -0.0800. The number of nitrogens with one attached hydrogen (secondary N) is 1. The molecule has 2 saturated carbocycles. The fourth-order valence-corrected chi connectivity index (χ4v) is 3.82. The third-order valence-electron chi connectivity index (χ3n) is 5.16. The lowest BCUT2D eigenvalue weighted by molar-refractivity contribution is -0.0482. The van der Waals surface area contributed by atoms with Crippen LogP contribution in [0.2, 0.25) is 0 Å². The summed E-state index contributed by atoms with van der Waals surface area (Å²) in [5.41, 5.74) is 0.897. The Morgan fingerprint density at radius 1 is 1.29 bits per heavy atom. The molecule has 0 aromatic carbocycles. The number of aliphatic hydroxyl groups is 1. The van der Waals surface area contributed by atoms with Crippen LogP contribution in [-0.2, 0) is 0 Å². The first-order valence-electron chi connectivity index (χ1n) is 6.06. The van der Waals surface area contributed by atoms with Crippen molar-refractivity contribution in [2.45, 2.75) is 45.1 Å². The molecule has 2 spiro atoms. The molecule has 14 heavy (non-hydrogen) atoms. The molecule has 0 radical (unpaired) electrons. The van der Waals surface area contributed by atoms with Gasteiger partial charge in [-0.3, -0.25) is 0 Å². The maximum atomic E-state index is 10.2. The first kappa shape index (κ1) is 9.17. The van der Waals surface area contributed by atoms with E-state index in [9.17, 15) is 5.11 Å². The van der Waals surface area contributed by atoms with E-state index in [0.717, 1.165) is 19.5 Å². The predicted octanol–water partition coefficient (Wildman–Crippen LogP) is 1.54. The quantitative estimate of drug-likeness (QED) is 0.614. The van der Waals surface area contributed by atoms with Crippen molar-refractivity contribution in [3.8, 4) is 0 Å². The van der Waals surface area contributed by atoms with Crippen LogP contribution in [0.4, 0.5) is 0 Å². The van der Waals surface area contributed by atoms with E-state index in [0.29, 0.717) is 11.3 Å². The minimum absolute atomic E-state index is 0.0428. The van der Waals surface area contributed by atoms with Crippen molar-refractivity contribution in [1.82, 2.24) is 5.32 Å². The molecular formula is C12H21NO. The second kappa shape index (κ2) is 2.73. The minimum atomic E-state index is -0.0428. The lowest BCUT2D eigenvalue weighted by Gasteiger charge is -2.45. The largest absolute Gasteiger partial charge is 0.392 e. The Kier molecular flexibility index (Phi) is 1.79. The van der Waals surface area contributed by atoms with Crippen molar-refractivity contribution in [3.63, 3.8) is 0 Å². The molecule has 3 fully saturated rings. The summed E-state index contributed by atoms with van der Waals surface area (Å²) in [5, 5.41) is 13.7. The molecule has 3 aliphatic rings. The smallest absolute Gasteiger partial charge is 0.0612 e. The summed E-state index contributed by atoms with van der Waals surface area (Å²) >= 11 is 0. The lowest BCUT2D eigenvalue weighted by Crippen LogP contribution is -2.46. The van der Waals surface area contributed by atoms with Gasteiger partial charge >= 0.3 is 0 Å². The molecule has 2 N–H and O–H groups in total. The number of hydrogen-bond acceptors (Lipinski definition) is 2. The highest BCUT2D eigenvalue weighted by atomic mass is 16.3. The van der Waals surface area contributed by atoms with Gasteiger partial charge in [-0.1, -0.05) is 6.92 Å². The van der Waals surface area contributed by atoms with Crippen LogP contribution in [0.1, 0.15) is 39.0 Å². The van der Waals surface area contributed by atoms with E-state index in [2.05, 4.69) is 12.2 Å². The second-order valence-corrected chi connectivity index (χ2v) is 6.00. The monoisotopic (exact) mass is 195 g/mol. The Morgan fingerprint density at radius 3 is 2.64 bits per heavy atom. The van der Waals surface area contributed by atoms with Crippen molar-refractivity contribution in [2.75, 3.05) is 13.1 Å². The Labute approximate surface area is 86.1 Å². The van der Waals surface area contributed by atoms with Gasteiger partial charge in [-0.05, 0) is 50.0 Å². The molecule has 3 rings (SSSR count). The standard InChI is InChI=1S/C12H21NO/c1-9-6-13-8-12(9)7-11(4-5-11)3-2-10(12)14/h9-10,13-14H,2-8H2,1H3. The SMILES string of the molecule is CC1CNCC12CC1(CCC2O)CC1. The molecule has 1 heterocycles. The number of hydrogen-bond donors (Lipinski definition) is 2. The van der Waals surface area contributed by atoms with Gasteiger partial charge in [-0.15, -0.1) is 0 Å². The molecule has 0 amide bonds. The number of aliphatic hydroxyl groups excluding tert-OH is 1. The Balaban J connectivity index is 1.87. The molecule has 1 saturated heterocycles. The van der Waals surface area contributed by atoms with Gasteiger partial charge in [0.2, 0.25) is 0 Å². The van der Waals surface area contributed by atoms with Crippen molar-refractivity contribution >= 4 is 0 Å². The average Bonchev–Trinajstić information content (AvgIpc) is 2.82. The van der Waals surface area contributed by atoms with E-state index in [1.165, 1.54) is 25.7 Å². The van der Waals surface area contributed by atoms with Crippen molar-refractivity contribution in [2.24, 2.45) is 16.7 Å². The van der Waals surface area contributed by atoms with E-state index >= 15 is 0 Å². The topological polar surface area (TPSA) is 32.3 Å². The van der Waals surface area contributed by atoms with Crippen molar-refractivity contribution in [3.05, 3.63) is 0 Å². The molecule has 2 nitrogen and oxygen atoms in total. The van der Waals surface area contributed by atoms with E-state index < -0.39 is 0 Å². The van der Waals surface area contributed by atoms with Crippen LogP contribution < -0.4 is 5.32 Å². The molecule has 80 valence electrons. The van der Waals surface area contributed by atoms with Gasteiger partial charge in [0.05, 0.1) is 6.10 Å². The molecule has 2 aliphatic carbocycles. The highest BCUT2D eigenvalue weighted by molar-refractivity contribution is 5.09. The van der Waals surface area contributed by atoms with Crippen molar-refractivity contribution in [1.29, 1.82) is 0 Å². The Bertz CT molecular complexity index is 249. The number of rotatable bonds is 0. The van der Waals surface area contributed by atoms with Crippen LogP contribution in [0.5, 0.6) is 0 Å². The molecule has 1 aliphatic heterocycles. The van der Waals surface area contributed by atoms with Crippen LogP contribution in [0.25, 0.3) is 0 Å². The van der Waals surface area contributed by atoms with Crippen LogP contribution in [-0.4, -0.2) is 24.3 Å². The third-order valence-corrected chi connectivity index (χ3v) is 5.16. The lowest BCUT2D eigenvalue weighted by atomic mass is 9.62. The summed E-state index contributed by atoms with van der Waals surface area (Å²) in [6.07, 6.45) is 6.42. The van der Waals surface area contributed by atoms with E-state index in [1.807, 2.05) is 0 Å². The van der Waals surface area contributed by atoms with Gasteiger partial charge in [-0.2, -0.15) is 0 Å². The maximum Gasteiger partial charge on any atom is 0.0612 e. The summed E-state index contributed by atoms with van der Waals surface area (Å²) in [6, 6.07) is 0. The zero-order valence-corrected chi connectivity index (χ0v) is 9.05. The summed E-state index contributed by atoms with van der Waals surface area (Å²) in [7, 11) is 0. The molecule has 2 heteroatoms. The summed E-state index contributed by atoms with van der Waals surface area (Å²) < 4.78 is 0. The van der Waals surface area contributed by atoms with Crippen LogP contribution in [0.15, 0.2) is 0 Å². The Morgan fingerprint density at radius 2 is 2.07 bits per heavy atom. The third kappa shape index (κ3) is 1.10. The summed E-state index contributed by atoms with van der Waals surface area (Å²) in [5.74, 6) is 0.662. The predicted molar refractivity (Wildman–Crippen MR) is 56.0 cm³/mol. The van der Waals surface area contributed by atoms with Crippen molar-refractivity contribution < 1.29 is 5.11 Å². The van der Waals surface area contributed by atoms with Crippen LogP contribution in [0.3, 0.4) is 0 Å². The molecule has 3 unspecified atom stereocenters. The van der Waals surface area contributed by atoms with Gasteiger partial charge in [0.15, 0.2) is 0 Å².